The zero-order valence-corrected chi connectivity index (χ0v) is 8.71. The Kier molecular flexibility index (Phi) is 10.7. The van der Waals surface area contributed by atoms with Gasteiger partial charge in [0.2, 0.25) is 0 Å². The molecule has 0 atom stereocenters. The minimum absolute atomic E-state index is 1.04. The van der Waals surface area contributed by atoms with Crippen LogP contribution >= 0.6 is 12.6 Å². The second-order valence-electron chi connectivity index (χ2n) is 3.20. The Morgan fingerprint density at radius 1 is 0.909 bits per heavy atom. The van der Waals surface area contributed by atoms with Gasteiger partial charge in [-0.05, 0) is 12.2 Å². The van der Waals surface area contributed by atoms with E-state index in [2.05, 4.69) is 19.6 Å². The predicted molar refractivity (Wildman–Crippen MR) is 56.5 cm³/mol. The predicted octanol–water partition coefficient (Wildman–Crippen LogP) is 4.06. The van der Waals surface area contributed by atoms with E-state index >= 15 is 0 Å². The third-order valence-electron chi connectivity index (χ3n) is 2.01. The van der Waals surface area contributed by atoms with Gasteiger partial charge in [0.15, 0.2) is 0 Å². The molecule has 0 aromatic heterocycles. The highest BCUT2D eigenvalue weighted by atomic mass is 32.1. The van der Waals surface area contributed by atoms with Crippen LogP contribution in [0.3, 0.4) is 0 Å². The van der Waals surface area contributed by atoms with Crippen LogP contribution < -0.4 is 0 Å². The second kappa shape index (κ2) is 10.3. The Morgan fingerprint density at radius 3 is 1.36 bits per heavy atom. The Labute approximate surface area is 77.2 Å². The van der Waals surface area contributed by atoms with Gasteiger partial charge in [0.1, 0.15) is 0 Å². The van der Waals surface area contributed by atoms with Gasteiger partial charge < -0.3 is 0 Å². The van der Waals surface area contributed by atoms with Crippen LogP contribution in [0.1, 0.15) is 58.3 Å². The highest BCUT2D eigenvalue weighted by molar-refractivity contribution is 7.80. The minimum Gasteiger partial charge on any atom is -0.179 e. The lowest BCUT2D eigenvalue weighted by molar-refractivity contribution is 0.504. The number of hydrogen-bond acceptors (Lipinski definition) is 1. The first-order valence-corrected chi connectivity index (χ1v) is 5.66. The number of rotatable bonds is 2. The molecule has 1 heteroatoms. The third kappa shape index (κ3) is 10.4. The van der Waals surface area contributed by atoms with Crippen molar-refractivity contribution in [2.24, 2.45) is 0 Å². The van der Waals surface area contributed by atoms with Crippen molar-refractivity contribution >= 4 is 12.6 Å². The van der Waals surface area contributed by atoms with Gasteiger partial charge in [0, 0.05) is 0 Å². The Morgan fingerprint density at radius 2 is 1.27 bits per heavy atom. The molecule has 11 heavy (non-hydrogen) atoms. The molecule has 1 aliphatic rings. The quantitative estimate of drug-likeness (QED) is 0.600. The van der Waals surface area contributed by atoms with Crippen LogP contribution in [0.2, 0.25) is 0 Å². The van der Waals surface area contributed by atoms with Gasteiger partial charge in [-0.25, -0.2) is 0 Å². The van der Waals surface area contributed by atoms with Gasteiger partial charge >= 0.3 is 0 Å². The maximum absolute atomic E-state index is 4.00. The van der Waals surface area contributed by atoms with Crippen molar-refractivity contribution in [1.82, 2.24) is 0 Å². The molecule has 0 unspecified atom stereocenters. The minimum atomic E-state index is 1.04. The summed E-state index contributed by atoms with van der Waals surface area (Å²) < 4.78 is 0. The lowest BCUT2D eigenvalue weighted by atomic mass is 10.0. The molecule has 0 bridgehead atoms. The summed E-state index contributed by atoms with van der Waals surface area (Å²) in [6.45, 7) is 2.16. The van der Waals surface area contributed by atoms with Crippen molar-refractivity contribution in [2.45, 2.75) is 58.3 Å². The molecule has 0 aromatic carbocycles. The van der Waals surface area contributed by atoms with E-state index in [0.29, 0.717) is 0 Å². The average Bonchev–Trinajstić information content (AvgIpc) is 2.10. The lowest BCUT2D eigenvalue weighted by Crippen LogP contribution is -1.85. The lowest BCUT2D eigenvalue weighted by Gasteiger charge is -2.05. The fourth-order valence-corrected chi connectivity index (χ4v) is 1.54. The topological polar surface area (TPSA) is 0 Å². The van der Waals surface area contributed by atoms with Crippen molar-refractivity contribution < 1.29 is 0 Å². The summed E-state index contributed by atoms with van der Waals surface area (Å²) in [5.74, 6) is 1.04. The zero-order chi connectivity index (χ0) is 8.36. The molecule has 0 N–H and O–H groups in total. The Bertz CT molecular complexity index is 44.4. The Hall–Kier alpha value is 0.350. The van der Waals surface area contributed by atoms with Gasteiger partial charge in [-0.15, -0.1) is 0 Å². The van der Waals surface area contributed by atoms with E-state index in [9.17, 15) is 0 Å². The van der Waals surface area contributed by atoms with Crippen LogP contribution in [0.4, 0.5) is 0 Å². The number of thiol groups is 1. The highest BCUT2D eigenvalue weighted by Crippen LogP contribution is 2.15. The van der Waals surface area contributed by atoms with Gasteiger partial charge in [-0.2, -0.15) is 12.6 Å². The SMILES string of the molecule is C1CCCCC1.CCCCS. The molecule has 0 amide bonds. The number of hydrogen-bond donors (Lipinski definition) is 1. The van der Waals surface area contributed by atoms with E-state index in [1.807, 2.05) is 0 Å². The monoisotopic (exact) mass is 174 g/mol. The smallest absolute Gasteiger partial charge is 0.00980 e. The summed E-state index contributed by atoms with van der Waals surface area (Å²) in [4.78, 5) is 0. The fourth-order valence-electron chi connectivity index (χ4n) is 1.22. The van der Waals surface area contributed by atoms with E-state index in [1.165, 1.54) is 51.4 Å². The second-order valence-corrected chi connectivity index (χ2v) is 3.65. The van der Waals surface area contributed by atoms with Crippen LogP contribution in [0.15, 0.2) is 0 Å². The van der Waals surface area contributed by atoms with Gasteiger partial charge in [0.25, 0.3) is 0 Å². The molecule has 0 aromatic rings. The van der Waals surface area contributed by atoms with Crippen molar-refractivity contribution in [1.29, 1.82) is 0 Å². The van der Waals surface area contributed by atoms with Crippen LogP contribution in [0.5, 0.6) is 0 Å². The zero-order valence-electron chi connectivity index (χ0n) is 7.81. The maximum Gasteiger partial charge on any atom is -0.00980 e. The van der Waals surface area contributed by atoms with Crippen LogP contribution in [0, 0.1) is 0 Å². The first kappa shape index (κ1) is 11.4. The van der Waals surface area contributed by atoms with Crippen molar-refractivity contribution in [3.05, 3.63) is 0 Å². The molecule has 68 valence electrons. The summed E-state index contributed by atoms with van der Waals surface area (Å²) in [5.41, 5.74) is 0. The van der Waals surface area contributed by atoms with E-state index in [-0.39, 0.29) is 0 Å². The third-order valence-corrected chi connectivity index (χ3v) is 2.33. The molecule has 1 rings (SSSR count). The molecular weight excluding hydrogens is 152 g/mol. The molecule has 0 nitrogen and oxygen atoms in total. The number of unbranched alkanes of at least 4 members (excludes halogenated alkanes) is 1. The van der Waals surface area contributed by atoms with E-state index < -0.39 is 0 Å². The fraction of sp³-hybridized carbons (Fsp3) is 1.00. The van der Waals surface area contributed by atoms with Gasteiger partial charge in [-0.3, -0.25) is 0 Å². The summed E-state index contributed by atoms with van der Waals surface area (Å²) in [6.07, 6.45) is 11.5. The van der Waals surface area contributed by atoms with Crippen LogP contribution in [-0.2, 0) is 0 Å². The normalized spacial score (nSPS) is 16.9. The standard InChI is InChI=1S/C6H12.C4H10S/c1-2-4-6-5-3-1;1-2-3-4-5/h1-6H2;5H,2-4H2,1H3. The summed E-state index contributed by atoms with van der Waals surface area (Å²) >= 11 is 4.00. The van der Waals surface area contributed by atoms with E-state index in [4.69, 9.17) is 0 Å². The molecule has 0 radical (unpaired) electrons. The molecule has 0 saturated heterocycles. The van der Waals surface area contributed by atoms with E-state index in [1.54, 1.807) is 0 Å². The maximum atomic E-state index is 4.00. The van der Waals surface area contributed by atoms with Crippen molar-refractivity contribution in [3.8, 4) is 0 Å². The summed E-state index contributed by atoms with van der Waals surface area (Å²) in [7, 11) is 0. The molecule has 1 fully saturated rings. The van der Waals surface area contributed by atoms with E-state index in [0.717, 1.165) is 5.75 Å². The Balaban J connectivity index is 0.000000187. The van der Waals surface area contributed by atoms with Crippen LogP contribution in [-0.4, -0.2) is 5.75 Å². The molecule has 0 heterocycles. The molecule has 0 spiro atoms. The van der Waals surface area contributed by atoms with Gasteiger partial charge in [0.05, 0.1) is 0 Å². The average molecular weight is 174 g/mol. The molecule has 1 aliphatic carbocycles. The van der Waals surface area contributed by atoms with Gasteiger partial charge in [-0.1, -0.05) is 51.9 Å². The first-order valence-electron chi connectivity index (χ1n) is 5.02. The van der Waals surface area contributed by atoms with Crippen molar-refractivity contribution in [3.63, 3.8) is 0 Å². The molecule has 1 saturated carbocycles. The van der Waals surface area contributed by atoms with Crippen LogP contribution in [0.25, 0.3) is 0 Å². The first-order chi connectivity index (χ1) is 5.41. The van der Waals surface area contributed by atoms with Crippen molar-refractivity contribution in [2.75, 3.05) is 5.75 Å². The summed E-state index contributed by atoms with van der Waals surface area (Å²) in [6, 6.07) is 0. The summed E-state index contributed by atoms with van der Waals surface area (Å²) in [5, 5.41) is 0. The largest absolute Gasteiger partial charge is 0.179 e. The molecular formula is C10H22S. The highest BCUT2D eigenvalue weighted by Gasteiger charge is 1.95. The molecule has 0 aliphatic heterocycles.